The molecule has 1 aromatic heterocycles. The molecule has 112 valence electrons. The Kier molecular flexibility index (Phi) is 3.73. The third-order valence-corrected chi connectivity index (χ3v) is 3.75. The fourth-order valence-electron chi connectivity index (χ4n) is 2.77. The number of nitriles is 1. The molecule has 2 heterocycles. The van der Waals surface area contributed by atoms with Gasteiger partial charge in [-0.15, -0.1) is 0 Å². The molecule has 3 rings (SSSR count). The van der Waals surface area contributed by atoms with E-state index in [2.05, 4.69) is 9.97 Å². The minimum atomic E-state index is -0.510. The summed E-state index contributed by atoms with van der Waals surface area (Å²) in [6.07, 6.45) is 0.00914. The van der Waals surface area contributed by atoms with Crippen molar-refractivity contribution in [1.82, 2.24) is 9.97 Å². The lowest BCUT2D eigenvalue weighted by atomic mass is 10.0. The quantitative estimate of drug-likeness (QED) is 0.919. The van der Waals surface area contributed by atoms with E-state index in [1.54, 1.807) is 25.1 Å². The van der Waals surface area contributed by atoms with E-state index in [4.69, 9.17) is 5.26 Å². The SMILES string of the molecule is Cc1cc(C#N)nc(N2C[C@H](O)C[C@@H]2c2ccc(F)cc2)n1. The second kappa shape index (κ2) is 5.70. The lowest BCUT2D eigenvalue weighted by molar-refractivity contribution is 0.194. The highest BCUT2D eigenvalue weighted by Gasteiger charge is 2.34. The molecule has 1 fully saturated rings. The smallest absolute Gasteiger partial charge is 0.227 e. The van der Waals surface area contributed by atoms with Gasteiger partial charge in [-0.05, 0) is 37.1 Å². The molecule has 6 heteroatoms. The van der Waals surface area contributed by atoms with Crippen molar-refractivity contribution in [3.63, 3.8) is 0 Å². The molecular weight excluding hydrogens is 283 g/mol. The van der Waals surface area contributed by atoms with Crippen molar-refractivity contribution >= 4 is 5.95 Å². The van der Waals surface area contributed by atoms with Crippen LogP contribution in [0.1, 0.15) is 29.4 Å². The highest BCUT2D eigenvalue weighted by Crippen LogP contribution is 2.34. The van der Waals surface area contributed by atoms with E-state index in [1.165, 1.54) is 12.1 Å². The summed E-state index contributed by atoms with van der Waals surface area (Å²) in [5, 5.41) is 19.1. The summed E-state index contributed by atoms with van der Waals surface area (Å²) in [7, 11) is 0. The van der Waals surface area contributed by atoms with Crippen molar-refractivity contribution in [1.29, 1.82) is 5.26 Å². The number of rotatable bonds is 2. The molecule has 0 amide bonds. The maximum atomic E-state index is 13.1. The van der Waals surface area contributed by atoms with Crippen LogP contribution in [-0.4, -0.2) is 27.7 Å². The zero-order chi connectivity index (χ0) is 15.7. The molecule has 0 unspecified atom stereocenters. The fraction of sp³-hybridized carbons (Fsp3) is 0.312. The summed E-state index contributed by atoms with van der Waals surface area (Å²) in [5.74, 6) is 0.120. The summed E-state index contributed by atoms with van der Waals surface area (Å²) < 4.78 is 13.1. The molecular formula is C16H15FN4O. The van der Waals surface area contributed by atoms with Gasteiger partial charge in [0.1, 0.15) is 17.6 Å². The lowest BCUT2D eigenvalue weighted by Gasteiger charge is -2.25. The van der Waals surface area contributed by atoms with E-state index in [-0.39, 0.29) is 11.9 Å². The molecule has 0 bridgehead atoms. The summed E-state index contributed by atoms with van der Waals surface area (Å²) in [6.45, 7) is 2.18. The van der Waals surface area contributed by atoms with Crippen LogP contribution < -0.4 is 4.90 Å². The molecule has 1 aliphatic heterocycles. The van der Waals surface area contributed by atoms with Crippen LogP contribution in [0.25, 0.3) is 0 Å². The van der Waals surface area contributed by atoms with Gasteiger partial charge < -0.3 is 10.0 Å². The van der Waals surface area contributed by atoms with Crippen molar-refractivity contribution in [3.05, 3.63) is 53.1 Å². The van der Waals surface area contributed by atoms with Gasteiger partial charge in [0.05, 0.1) is 12.1 Å². The second-order valence-corrected chi connectivity index (χ2v) is 5.42. The maximum absolute atomic E-state index is 13.1. The number of halogens is 1. The van der Waals surface area contributed by atoms with Crippen LogP contribution in [0.5, 0.6) is 0 Å². The van der Waals surface area contributed by atoms with Gasteiger partial charge in [-0.25, -0.2) is 14.4 Å². The Labute approximate surface area is 127 Å². The van der Waals surface area contributed by atoms with Crippen molar-refractivity contribution in [3.8, 4) is 6.07 Å². The monoisotopic (exact) mass is 298 g/mol. The number of β-amino-alcohol motifs (C(OH)–C–C–N with tert-alkyl or cyclic N) is 1. The number of aryl methyl sites for hydroxylation is 1. The molecule has 0 aliphatic carbocycles. The maximum Gasteiger partial charge on any atom is 0.227 e. The lowest BCUT2D eigenvalue weighted by Crippen LogP contribution is -2.26. The number of hydrogen-bond acceptors (Lipinski definition) is 5. The minimum Gasteiger partial charge on any atom is -0.391 e. The van der Waals surface area contributed by atoms with E-state index >= 15 is 0 Å². The summed E-state index contributed by atoms with van der Waals surface area (Å²) in [6, 6.07) is 9.69. The molecule has 0 spiro atoms. The number of benzene rings is 1. The van der Waals surface area contributed by atoms with Gasteiger partial charge in [-0.3, -0.25) is 0 Å². The van der Waals surface area contributed by atoms with Crippen molar-refractivity contribution in [2.45, 2.75) is 25.5 Å². The van der Waals surface area contributed by atoms with Gasteiger partial charge in [0.2, 0.25) is 5.95 Å². The summed E-state index contributed by atoms with van der Waals surface area (Å²) in [4.78, 5) is 10.5. The van der Waals surface area contributed by atoms with Crippen molar-refractivity contribution in [2.24, 2.45) is 0 Å². The Morgan fingerprint density at radius 3 is 2.73 bits per heavy atom. The number of aliphatic hydroxyl groups is 1. The molecule has 1 N–H and O–H groups in total. The van der Waals surface area contributed by atoms with E-state index in [0.717, 1.165) is 5.56 Å². The largest absolute Gasteiger partial charge is 0.391 e. The third-order valence-electron chi connectivity index (χ3n) is 3.75. The Bertz CT molecular complexity index is 726. The molecule has 1 aliphatic rings. The van der Waals surface area contributed by atoms with E-state index < -0.39 is 6.10 Å². The molecule has 1 aromatic carbocycles. The Morgan fingerprint density at radius 1 is 1.32 bits per heavy atom. The molecule has 2 atom stereocenters. The van der Waals surface area contributed by atoms with Gasteiger partial charge in [-0.2, -0.15) is 5.26 Å². The molecule has 5 nitrogen and oxygen atoms in total. The van der Waals surface area contributed by atoms with Crippen LogP contribution in [0, 0.1) is 24.1 Å². The molecule has 1 saturated heterocycles. The number of nitrogens with zero attached hydrogens (tertiary/aromatic N) is 4. The predicted octanol–water partition coefficient (Wildman–Crippen LogP) is 2.11. The summed E-state index contributed by atoms with van der Waals surface area (Å²) in [5.41, 5.74) is 1.88. The first-order valence-corrected chi connectivity index (χ1v) is 7.03. The Hall–Kier alpha value is -2.52. The topological polar surface area (TPSA) is 73.0 Å². The van der Waals surface area contributed by atoms with Gasteiger partial charge in [0.25, 0.3) is 0 Å². The first-order chi connectivity index (χ1) is 10.6. The average molecular weight is 298 g/mol. The Balaban J connectivity index is 1.99. The average Bonchev–Trinajstić information content (AvgIpc) is 2.89. The highest BCUT2D eigenvalue weighted by atomic mass is 19.1. The first kappa shape index (κ1) is 14.4. The zero-order valence-corrected chi connectivity index (χ0v) is 12.1. The zero-order valence-electron chi connectivity index (χ0n) is 12.1. The van der Waals surface area contributed by atoms with Crippen molar-refractivity contribution < 1.29 is 9.50 Å². The normalized spacial score (nSPS) is 20.9. The minimum absolute atomic E-state index is 0.135. The van der Waals surface area contributed by atoms with Crippen LogP contribution in [0.4, 0.5) is 10.3 Å². The van der Waals surface area contributed by atoms with Crippen LogP contribution in [-0.2, 0) is 0 Å². The standard InChI is InChI=1S/C16H15FN4O/c1-10-6-13(8-18)20-16(19-10)21-9-14(22)7-15(21)11-2-4-12(17)5-3-11/h2-6,14-15,22H,7,9H2,1H3/t14-,15-/m1/s1. The Morgan fingerprint density at radius 2 is 2.05 bits per heavy atom. The second-order valence-electron chi connectivity index (χ2n) is 5.42. The highest BCUT2D eigenvalue weighted by molar-refractivity contribution is 5.42. The van der Waals surface area contributed by atoms with E-state index in [1.807, 2.05) is 11.0 Å². The van der Waals surface area contributed by atoms with E-state index in [0.29, 0.717) is 30.3 Å². The number of aromatic nitrogens is 2. The van der Waals surface area contributed by atoms with Gasteiger partial charge >= 0.3 is 0 Å². The van der Waals surface area contributed by atoms with Crippen LogP contribution >= 0.6 is 0 Å². The van der Waals surface area contributed by atoms with Gasteiger partial charge in [0, 0.05) is 12.2 Å². The fourth-order valence-corrected chi connectivity index (χ4v) is 2.77. The molecule has 0 radical (unpaired) electrons. The van der Waals surface area contributed by atoms with Gasteiger partial charge in [0.15, 0.2) is 0 Å². The number of anilines is 1. The van der Waals surface area contributed by atoms with Crippen LogP contribution in [0.3, 0.4) is 0 Å². The predicted molar refractivity (Wildman–Crippen MR) is 78.6 cm³/mol. The van der Waals surface area contributed by atoms with E-state index in [9.17, 15) is 9.50 Å². The van der Waals surface area contributed by atoms with Crippen LogP contribution in [0.15, 0.2) is 30.3 Å². The van der Waals surface area contributed by atoms with Gasteiger partial charge in [-0.1, -0.05) is 12.1 Å². The number of aliphatic hydroxyl groups excluding tert-OH is 1. The van der Waals surface area contributed by atoms with Crippen molar-refractivity contribution in [2.75, 3.05) is 11.4 Å². The molecule has 2 aromatic rings. The number of hydrogen-bond donors (Lipinski definition) is 1. The first-order valence-electron chi connectivity index (χ1n) is 7.03. The summed E-state index contributed by atoms with van der Waals surface area (Å²) >= 11 is 0. The molecule has 0 saturated carbocycles. The van der Waals surface area contributed by atoms with Crippen LogP contribution in [0.2, 0.25) is 0 Å². The molecule has 22 heavy (non-hydrogen) atoms. The third kappa shape index (κ3) is 2.76.